The number of hydrogen-bond donors (Lipinski definition) is 2. The molecule has 1 aliphatic rings. The molecule has 1 amide bonds. The monoisotopic (exact) mass is 347 g/mol. The molecule has 0 heterocycles. The maximum absolute atomic E-state index is 12.5. The van der Waals surface area contributed by atoms with Gasteiger partial charge in [0.15, 0.2) is 6.61 Å². The Labute approximate surface area is 145 Å². The molecule has 7 nitrogen and oxygen atoms in total. The average molecular weight is 347 g/mol. The number of rotatable bonds is 6. The normalized spacial score (nSPS) is 19.1. The van der Waals surface area contributed by atoms with E-state index in [1.165, 1.54) is 7.11 Å². The number of aliphatic carboxylic acids is 1. The van der Waals surface area contributed by atoms with Crippen molar-refractivity contribution in [1.82, 2.24) is 0 Å². The number of carbonyl (C=O) groups is 3. The van der Waals surface area contributed by atoms with E-state index in [4.69, 9.17) is 4.74 Å². The van der Waals surface area contributed by atoms with Gasteiger partial charge in [0.05, 0.1) is 18.9 Å². The Morgan fingerprint density at radius 1 is 1.20 bits per heavy atom. The first-order valence-corrected chi connectivity index (χ1v) is 7.91. The first-order valence-electron chi connectivity index (χ1n) is 7.91. The van der Waals surface area contributed by atoms with E-state index in [0.717, 1.165) is 5.56 Å². The van der Waals surface area contributed by atoms with Gasteiger partial charge in [-0.25, -0.2) is 4.79 Å². The summed E-state index contributed by atoms with van der Waals surface area (Å²) in [6.07, 6.45) is 4.39. The molecule has 2 rings (SSSR count). The summed E-state index contributed by atoms with van der Waals surface area (Å²) in [7, 11) is 1.28. The molecule has 2 atom stereocenters. The third-order valence-corrected chi connectivity index (χ3v) is 4.13. The van der Waals surface area contributed by atoms with E-state index in [1.807, 2.05) is 6.08 Å². The van der Waals surface area contributed by atoms with Crippen LogP contribution >= 0.6 is 0 Å². The predicted molar refractivity (Wildman–Crippen MR) is 90.3 cm³/mol. The number of carbonyl (C=O) groups excluding carboxylic acids is 2. The quantitative estimate of drug-likeness (QED) is 0.604. The first-order chi connectivity index (χ1) is 11.9. The highest BCUT2D eigenvalue weighted by Gasteiger charge is 2.34. The van der Waals surface area contributed by atoms with E-state index in [1.54, 1.807) is 31.2 Å². The van der Waals surface area contributed by atoms with Crippen LogP contribution in [0.2, 0.25) is 0 Å². The second-order valence-corrected chi connectivity index (χ2v) is 5.82. The van der Waals surface area contributed by atoms with Gasteiger partial charge in [-0.15, -0.1) is 0 Å². The molecule has 1 aliphatic carbocycles. The molecule has 1 aromatic rings. The van der Waals surface area contributed by atoms with E-state index in [0.29, 0.717) is 24.3 Å². The van der Waals surface area contributed by atoms with Crippen LogP contribution in [0.15, 0.2) is 30.4 Å². The molecule has 0 aliphatic heterocycles. The first kappa shape index (κ1) is 18.5. The molecule has 134 valence electrons. The molecule has 0 bridgehead atoms. The zero-order valence-corrected chi connectivity index (χ0v) is 14.2. The minimum atomic E-state index is -0.965. The Balaban J connectivity index is 2.04. The Morgan fingerprint density at radius 2 is 1.88 bits per heavy atom. The number of aryl methyl sites for hydroxylation is 1. The van der Waals surface area contributed by atoms with E-state index < -0.39 is 23.8 Å². The molecule has 0 radical (unpaired) electrons. The maximum Gasteiger partial charge on any atom is 0.343 e. The Morgan fingerprint density at radius 3 is 2.48 bits per heavy atom. The van der Waals surface area contributed by atoms with Crippen molar-refractivity contribution in [2.75, 3.05) is 19.0 Å². The zero-order valence-electron chi connectivity index (χ0n) is 14.2. The number of allylic oxidation sites excluding steroid dienone is 2. The lowest BCUT2D eigenvalue weighted by molar-refractivity contribution is -0.146. The van der Waals surface area contributed by atoms with Crippen molar-refractivity contribution in [3.8, 4) is 5.75 Å². The van der Waals surface area contributed by atoms with E-state index in [9.17, 15) is 19.5 Å². The molecule has 1 aromatic carbocycles. The van der Waals surface area contributed by atoms with Gasteiger partial charge < -0.3 is 19.9 Å². The second-order valence-electron chi connectivity index (χ2n) is 5.82. The van der Waals surface area contributed by atoms with Crippen molar-refractivity contribution < 1.29 is 29.0 Å². The van der Waals surface area contributed by atoms with Gasteiger partial charge in [0.2, 0.25) is 5.91 Å². The molecular formula is C18H21NO6. The van der Waals surface area contributed by atoms with Crippen LogP contribution in [0.25, 0.3) is 0 Å². The van der Waals surface area contributed by atoms with Gasteiger partial charge in [-0.05, 0) is 43.5 Å². The number of carboxylic acid groups (broad SMARTS) is 1. The van der Waals surface area contributed by atoms with Crippen molar-refractivity contribution in [3.63, 3.8) is 0 Å². The van der Waals surface area contributed by atoms with Gasteiger partial charge in [-0.3, -0.25) is 9.59 Å². The van der Waals surface area contributed by atoms with Gasteiger partial charge in [0.1, 0.15) is 5.75 Å². The number of methoxy groups -OCH3 is 1. The smallest absolute Gasteiger partial charge is 0.343 e. The molecule has 0 saturated carbocycles. The molecule has 0 aromatic heterocycles. The van der Waals surface area contributed by atoms with Crippen LogP contribution < -0.4 is 10.1 Å². The summed E-state index contributed by atoms with van der Waals surface area (Å²) in [6.45, 7) is 1.59. The number of anilines is 1. The van der Waals surface area contributed by atoms with Crippen LogP contribution in [-0.4, -0.2) is 36.7 Å². The number of hydrogen-bond acceptors (Lipinski definition) is 5. The van der Waals surface area contributed by atoms with Gasteiger partial charge >= 0.3 is 11.9 Å². The molecule has 0 fully saturated rings. The van der Waals surface area contributed by atoms with Gasteiger partial charge in [0, 0.05) is 5.69 Å². The van der Waals surface area contributed by atoms with Crippen LogP contribution in [0.3, 0.4) is 0 Å². The number of benzene rings is 1. The van der Waals surface area contributed by atoms with E-state index in [2.05, 4.69) is 10.1 Å². The summed E-state index contributed by atoms with van der Waals surface area (Å²) < 4.78 is 9.79. The van der Waals surface area contributed by atoms with Gasteiger partial charge in [-0.1, -0.05) is 12.2 Å². The number of esters is 1. The number of nitrogens with one attached hydrogen (secondary N) is 1. The van der Waals surface area contributed by atoms with Crippen molar-refractivity contribution >= 4 is 23.5 Å². The van der Waals surface area contributed by atoms with Gasteiger partial charge in [-0.2, -0.15) is 0 Å². The van der Waals surface area contributed by atoms with Crippen LogP contribution in [-0.2, 0) is 19.1 Å². The summed E-state index contributed by atoms with van der Waals surface area (Å²) >= 11 is 0. The van der Waals surface area contributed by atoms with E-state index >= 15 is 0 Å². The highest BCUT2D eigenvalue weighted by Crippen LogP contribution is 2.28. The molecular weight excluding hydrogens is 326 g/mol. The number of amides is 1. The predicted octanol–water partition coefficient (Wildman–Crippen LogP) is 2.15. The lowest BCUT2D eigenvalue weighted by Gasteiger charge is -2.24. The standard InChI is InChI=1S/C18H21NO6/c1-11-9-12(25-10-16(20)24-2)7-8-15(11)19-17(21)13-5-3-4-6-14(13)18(22)23/h3-4,7-9,13-14H,5-6,10H2,1-2H3,(H,19,21)(H,22,23)/t13-,14-/m1/s1. The second kappa shape index (κ2) is 8.32. The van der Waals surface area contributed by atoms with Crippen LogP contribution in [0.5, 0.6) is 5.75 Å². The highest BCUT2D eigenvalue weighted by molar-refractivity contribution is 5.96. The molecule has 0 spiro atoms. The Hall–Kier alpha value is -2.83. The van der Waals surface area contributed by atoms with Crippen LogP contribution in [0, 0.1) is 18.8 Å². The lowest BCUT2D eigenvalue weighted by atomic mass is 9.82. The van der Waals surface area contributed by atoms with Crippen LogP contribution in [0.1, 0.15) is 18.4 Å². The molecule has 0 saturated heterocycles. The molecule has 0 unspecified atom stereocenters. The fraction of sp³-hybridized carbons (Fsp3) is 0.389. The van der Waals surface area contributed by atoms with Crippen molar-refractivity contribution in [2.45, 2.75) is 19.8 Å². The average Bonchev–Trinajstić information content (AvgIpc) is 2.61. The summed E-state index contributed by atoms with van der Waals surface area (Å²) in [6, 6.07) is 4.98. The third kappa shape index (κ3) is 4.82. The van der Waals surface area contributed by atoms with Crippen molar-refractivity contribution in [3.05, 3.63) is 35.9 Å². The SMILES string of the molecule is COC(=O)COc1ccc(NC(=O)[C@@H]2CC=CC[C@H]2C(=O)O)c(C)c1. The zero-order chi connectivity index (χ0) is 18.4. The highest BCUT2D eigenvalue weighted by atomic mass is 16.6. The fourth-order valence-corrected chi connectivity index (χ4v) is 2.67. The molecule has 25 heavy (non-hydrogen) atoms. The molecule has 7 heteroatoms. The Bertz CT molecular complexity index is 697. The Kier molecular flexibility index (Phi) is 6.16. The topological polar surface area (TPSA) is 102 Å². The minimum Gasteiger partial charge on any atom is -0.482 e. The summed E-state index contributed by atoms with van der Waals surface area (Å²) in [5.41, 5.74) is 1.32. The van der Waals surface area contributed by atoms with Crippen molar-refractivity contribution in [2.24, 2.45) is 11.8 Å². The summed E-state index contributed by atoms with van der Waals surface area (Å²) in [4.78, 5) is 34.9. The summed E-state index contributed by atoms with van der Waals surface area (Å²) in [5, 5.41) is 12.1. The maximum atomic E-state index is 12.5. The number of ether oxygens (including phenoxy) is 2. The fourth-order valence-electron chi connectivity index (χ4n) is 2.67. The summed E-state index contributed by atoms with van der Waals surface area (Å²) in [5.74, 6) is -2.61. The largest absolute Gasteiger partial charge is 0.482 e. The molecule has 2 N–H and O–H groups in total. The van der Waals surface area contributed by atoms with E-state index in [-0.39, 0.29) is 12.5 Å². The van der Waals surface area contributed by atoms with Gasteiger partial charge in [0.25, 0.3) is 0 Å². The lowest BCUT2D eigenvalue weighted by Crippen LogP contribution is -2.34. The number of carboxylic acids is 1. The minimum absolute atomic E-state index is 0.198. The third-order valence-electron chi connectivity index (χ3n) is 4.13. The van der Waals surface area contributed by atoms with Crippen molar-refractivity contribution in [1.29, 1.82) is 0 Å². The van der Waals surface area contributed by atoms with Crippen LogP contribution in [0.4, 0.5) is 5.69 Å².